The SMILES string of the molecule is COC(=O)C1=CC(O)C(O)C(OC(C(N)=O)C2OC(n3ccc(=O)[nH]c3=O)C(OC(N)=O)C2OC)O1. The quantitative estimate of drug-likeness (QED) is 0.206. The fourth-order valence-electron chi connectivity index (χ4n) is 3.71. The first-order chi connectivity index (χ1) is 17.0. The number of H-pyrrole nitrogens is 1. The van der Waals surface area contributed by atoms with E-state index in [1.165, 1.54) is 0 Å². The number of aliphatic hydroxyl groups is 2. The fraction of sp³-hybridized carbons (Fsp3) is 0.526. The summed E-state index contributed by atoms with van der Waals surface area (Å²) in [4.78, 5) is 61.6. The van der Waals surface area contributed by atoms with Crippen molar-refractivity contribution in [1.82, 2.24) is 9.55 Å². The molecule has 2 amide bonds. The number of primary amides is 2. The van der Waals surface area contributed by atoms with Gasteiger partial charge in [-0.25, -0.2) is 14.4 Å². The third kappa shape index (κ3) is 5.39. The maximum atomic E-state index is 12.4. The van der Waals surface area contributed by atoms with Crippen LogP contribution in [0.25, 0.3) is 0 Å². The smallest absolute Gasteiger partial charge is 0.405 e. The van der Waals surface area contributed by atoms with Crippen LogP contribution in [0.3, 0.4) is 0 Å². The number of nitrogens with zero attached hydrogens (tertiary/aromatic N) is 1. The van der Waals surface area contributed by atoms with Crippen LogP contribution in [0.4, 0.5) is 4.79 Å². The normalized spacial score (nSPS) is 30.6. The van der Waals surface area contributed by atoms with Crippen molar-refractivity contribution >= 4 is 18.0 Å². The molecule has 1 aromatic rings. The van der Waals surface area contributed by atoms with Crippen molar-refractivity contribution in [2.45, 2.75) is 49.1 Å². The van der Waals surface area contributed by atoms with Gasteiger partial charge >= 0.3 is 17.8 Å². The van der Waals surface area contributed by atoms with Gasteiger partial charge in [0, 0.05) is 19.4 Å². The summed E-state index contributed by atoms with van der Waals surface area (Å²) >= 11 is 0. The van der Waals surface area contributed by atoms with Crippen LogP contribution < -0.4 is 22.7 Å². The number of ether oxygens (including phenoxy) is 6. The molecule has 0 radical (unpaired) electrons. The van der Waals surface area contributed by atoms with Crippen LogP contribution in [-0.4, -0.2) is 94.9 Å². The summed E-state index contributed by atoms with van der Waals surface area (Å²) in [5.41, 5.74) is 8.94. The number of aromatic amines is 1. The predicted octanol–water partition coefficient (Wildman–Crippen LogP) is -4.08. The highest BCUT2D eigenvalue weighted by Gasteiger charge is 2.54. The topological polar surface area (TPSA) is 254 Å². The van der Waals surface area contributed by atoms with Gasteiger partial charge in [0.1, 0.15) is 24.4 Å². The molecule has 17 heteroatoms. The standard InChI is InChI=1S/C19H24N4O13/c1-31-10-11(34-15(13(10)36-18(21)29)23-4-3-8(25)22-19(23)30)12(14(20)27)35-17-9(26)6(24)5-7(33-17)16(28)32-2/h3-6,9-13,15,17,24,26H,1-2H3,(H2,20,27)(H2,21,29)(H,22,25,30). The number of carbonyl (C=O) groups excluding carboxylic acids is 3. The minimum atomic E-state index is -1.83. The van der Waals surface area contributed by atoms with E-state index in [1.807, 2.05) is 4.98 Å². The Hall–Kier alpha value is -3.77. The number of rotatable bonds is 8. The van der Waals surface area contributed by atoms with Crippen molar-refractivity contribution in [1.29, 1.82) is 0 Å². The second-order valence-corrected chi connectivity index (χ2v) is 7.56. The zero-order valence-corrected chi connectivity index (χ0v) is 18.8. The second-order valence-electron chi connectivity index (χ2n) is 7.56. The van der Waals surface area contributed by atoms with E-state index in [0.29, 0.717) is 0 Å². The zero-order chi connectivity index (χ0) is 26.7. The third-order valence-corrected chi connectivity index (χ3v) is 5.32. The first-order valence-electron chi connectivity index (χ1n) is 10.2. The highest BCUT2D eigenvalue weighted by Crippen LogP contribution is 2.36. The van der Waals surface area contributed by atoms with Crippen LogP contribution in [0.5, 0.6) is 0 Å². The first kappa shape index (κ1) is 26.8. The Morgan fingerprint density at radius 2 is 1.86 bits per heavy atom. The lowest BCUT2D eigenvalue weighted by atomic mass is 10.0. The van der Waals surface area contributed by atoms with Crippen LogP contribution in [0.2, 0.25) is 0 Å². The average molecular weight is 516 g/mol. The van der Waals surface area contributed by atoms with E-state index in [1.54, 1.807) is 0 Å². The van der Waals surface area contributed by atoms with Gasteiger partial charge in [-0.05, 0) is 6.08 Å². The molecule has 1 fully saturated rings. The molecule has 0 aromatic carbocycles. The summed E-state index contributed by atoms with van der Waals surface area (Å²) in [5, 5.41) is 20.3. The molecule has 8 unspecified atom stereocenters. The molecule has 198 valence electrons. The highest BCUT2D eigenvalue weighted by atomic mass is 16.7. The lowest BCUT2D eigenvalue weighted by molar-refractivity contribution is -0.242. The molecule has 2 aliphatic rings. The van der Waals surface area contributed by atoms with Crippen LogP contribution in [0.15, 0.2) is 33.7 Å². The van der Waals surface area contributed by atoms with Crippen molar-refractivity contribution in [3.8, 4) is 0 Å². The number of carbonyl (C=O) groups is 3. The van der Waals surface area contributed by atoms with Gasteiger partial charge in [0.25, 0.3) is 5.56 Å². The van der Waals surface area contributed by atoms with Gasteiger partial charge < -0.3 is 50.1 Å². The Morgan fingerprint density at radius 1 is 1.17 bits per heavy atom. The van der Waals surface area contributed by atoms with Crippen molar-refractivity contribution in [3.63, 3.8) is 0 Å². The largest absolute Gasteiger partial charge is 0.463 e. The molecule has 1 saturated heterocycles. The van der Waals surface area contributed by atoms with Crippen molar-refractivity contribution < 1.29 is 53.0 Å². The van der Waals surface area contributed by atoms with Gasteiger partial charge in [0.05, 0.1) is 7.11 Å². The lowest BCUT2D eigenvalue weighted by Gasteiger charge is -2.34. The first-order valence-corrected chi connectivity index (χ1v) is 10.2. The predicted molar refractivity (Wildman–Crippen MR) is 112 cm³/mol. The summed E-state index contributed by atoms with van der Waals surface area (Å²) in [5.74, 6) is -2.72. The molecule has 3 rings (SSSR count). The molecule has 8 atom stereocenters. The summed E-state index contributed by atoms with van der Waals surface area (Å²) in [7, 11) is 2.20. The van der Waals surface area contributed by atoms with Gasteiger partial charge in [-0.2, -0.15) is 0 Å². The maximum Gasteiger partial charge on any atom is 0.405 e. The Kier molecular flexibility index (Phi) is 8.10. The Balaban J connectivity index is 1.96. The molecular weight excluding hydrogens is 492 g/mol. The number of nitrogens with one attached hydrogen (secondary N) is 1. The average Bonchev–Trinajstić information content (AvgIpc) is 3.15. The van der Waals surface area contributed by atoms with Crippen LogP contribution in [0, 0.1) is 0 Å². The Morgan fingerprint density at radius 3 is 2.42 bits per heavy atom. The molecule has 7 N–H and O–H groups in total. The summed E-state index contributed by atoms with van der Waals surface area (Å²) < 4.78 is 32.2. The highest BCUT2D eigenvalue weighted by molar-refractivity contribution is 5.86. The van der Waals surface area contributed by atoms with E-state index in [9.17, 15) is 34.2 Å². The van der Waals surface area contributed by atoms with Crippen LogP contribution in [-0.2, 0) is 38.0 Å². The van der Waals surface area contributed by atoms with Gasteiger partial charge in [-0.1, -0.05) is 0 Å². The molecule has 0 spiro atoms. The fourth-order valence-corrected chi connectivity index (χ4v) is 3.71. The Bertz CT molecular complexity index is 1150. The maximum absolute atomic E-state index is 12.4. The number of methoxy groups -OCH3 is 2. The molecule has 1 aromatic heterocycles. The van der Waals surface area contributed by atoms with E-state index >= 15 is 0 Å². The molecule has 17 nitrogen and oxygen atoms in total. The number of esters is 1. The molecule has 3 heterocycles. The van der Waals surface area contributed by atoms with Crippen LogP contribution >= 0.6 is 0 Å². The summed E-state index contributed by atoms with van der Waals surface area (Å²) in [6.07, 6.45) is -12.3. The number of nitrogens with two attached hydrogens (primary N) is 2. The number of aromatic nitrogens is 2. The lowest BCUT2D eigenvalue weighted by Crippen LogP contribution is -2.54. The monoisotopic (exact) mass is 516 g/mol. The van der Waals surface area contributed by atoms with E-state index < -0.39 is 84.1 Å². The molecule has 0 bridgehead atoms. The Labute approximate surface area is 201 Å². The van der Waals surface area contributed by atoms with Gasteiger partial charge in [0.15, 0.2) is 18.4 Å². The minimum Gasteiger partial charge on any atom is -0.463 e. The zero-order valence-electron chi connectivity index (χ0n) is 18.8. The third-order valence-electron chi connectivity index (χ3n) is 5.32. The van der Waals surface area contributed by atoms with Crippen molar-refractivity contribution in [3.05, 3.63) is 44.9 Å². The molecule has 0 aliphatic carbocycles. The van der Waals surface area contributed by atoms with Crippen molar-refractivity contribution in [2.75, 3.05) is 14.2 Å². The van der Waals surface area contributed by atoms with E-state index in [-0.39, 0.29) is 0 Å². The van der Waals surface area contributed by atoms with E-state index in [2.05, 4.69) is 4.74 Å². The molecule has 2 aliphatic heterocycles. The number of amides is 2. The molecule has 0 saturated carbocycles. The minimum absolute atomic E-state index is 0.522. The van der Waals surface area contributed by atoms with Gasteiger partial charge in [0.2, 0.25) is 18.0 Å². The van der Waals surface area contributed by atoms with E-state index in [0.717, 1.165) is 37.1 Å². The summed E-state index contributed by atoms with van der Waals surface area (Å²) in [6, 6.07) is 0.984. The van der Waals surface area contributed by atoms with Gasteiger partial charge in [-0.15, -0.1) is 0 Å². The van der Waals surface area contributed by atoms with E-state index in [4.69, 9.17) is 35.2 Å². The number of hydrogen-bond acceptors (Lipinski definition) is 13. The van der Waals surface area contributed by atoms with Crippen molar-refractivity contribution in [2.24, 2.45) is 11.5 Å². The van der Waals surface area contributed by atoms with Crippen LogP contribution in [0.1, 0.15) is 6.23 Å². The second kappa shape index (κ2) is 10.9. The number of hydrogen-bond donors (Lipinski definition) is 5. The number of aliphatic hydroxyl groups excluding tert-OH is 2. The summed E-state index contributed by atoms with van der Waals surface area (Å²) in [6.45, 7) is 0. The van der Waals surface area contributed by atoms with Gasteiger partial charge in [-0.3, -0.25) is 19.1 Å². The molecule has 36 heavy (non-hydrogen) atoms. The molecular formula is C19H24N4O13.